The molecule has 1 aromatic heterocycles. The van der Waals surface area contributed by atoms with Crippen LogP contribution in [0.3, 0.4) is 0 Å². The van der Waals surface area contributed by atoms with Crippen LogP contribution in [-0.2, 0) is 21.2 Å². The van der Waals surface area contributed by atoms with E-state index in [0.717, 1.165) is 37.0 Å². The summed E-state index contributed by atoms with van der Waals surface area (Å²) in [6.45, 7) is 3.29. The van der Waals surface area contributed by atoms with E-state index in [1.807, 2.05) is 0 Å². The van der Waals surface area contributed by atoms with E-state index in [-0.39, 0.29) is 10.6 Å². The van der Waals surface area contributed by atoms with Gasteiger partial charge in [0, 0.05) is 18.0 Å². The van der Waals surface area contributed by atoms with E-state index in [1.165, 1.54) is 10.4 Å². The summed E-state index contributed by atoms with van der Waals surface area (Å²) in [5, 5.41) is 8.75. The van der Waals surface area contributed by atoms with Crippen LogP contribution in [-0.4, -0.2) is 36.9 Å². The maximum Gasteiger partial charge on any atom is 0.308 e. The average molecular weight is 331 g/mol. The van der Waals surface area contributed by atoms with Crippen molar-refractivity contribution in [1.82, 2.24) is 4.31 Å². The van der Waals surface area contributed by atoms with Crippen LogP contribution in [0.1, 0.15) is 37.5 Å². The van der Waals surface area contributed by atoms with E-state index < -0.39 is 16.0 Å². The highest BCUT2D eigenvalue weighted by Crippen LogP contribution is 2.29. The van der Waals surface area contributed by atoms with Crippen molar-refractivity contribution in [3.63, 3.8) is 0 Å². The van der Waals surface area contributed by atoms with Crippen LogP contribution in [0.4, 0.5) is 0 Å². The van der Waals surface area contributed by atoms with Crippen molar-refractivity contribution in [3.05, 3.63) is 17.0 Å². The number of thiophene rings is 1. The van der Waals surface area contributed by atoms with Gasteiger partial charge in [0.05, 0.1) is 6.42 Å². The lowest BCUT2D eigenvalue weighted by Crippen LogP contribution is -2.38. The zero-order valence-corrected chi connectivity index (χ0v) is 13.8. The number of rotatable bonds is 6. The van der Waals surface area contributed by atoms with Gasteiger partial charge in [-0.15, -0.1) is 11.3 Å². The molecule has 118 valence electrons. The number of carboxylic acids is 1. The fraction of sp³-hybridized carbons (Fsp3) is 0.643. The third-order valence-corrected chi connectivity index (χ3v) is 7.28. The van der Waals surface area contributed by atoms with Gasteiger partial charge in [-0.25, -0.2) is 8.42 Å². The maximum absolute atomic E-state index is 12.5. The lowest BCUT2D eigenvalue weighted by Gasteiger charge is -2.30. The molecule has 5 nitrogen and oxygen atoms in total. The molecule has 0 radical (unpaired) electrons. The van der Waals surface area contributed by atoms with Gasteiger partial charge in [0.1, 0.15) is 4.21 Å². The number of piperidine rings is 1. The van der Waals surface area contributed by atoms with Gasteiger partial charge < -0.3 is 5.11 Å². The molecule has 21 heavy (non-hydrogen) atoms. The Morgan fingerprint density at radius 1 is 1.38 bits per heavy atom. The van der Waals surface area contributed by atoms with Crippen molar-refractivity contribution in [2.24, 2.45) is 5.92 Å². The van der Waals surface area contributed by atoms with Crippen molar-refractivity contribution in [3.8, 4) is 0 Å². The Hall–Kier alpha value is -0.920. The number of hydrogen-bond donors (Lipinski definition) is 1. The summed E-state index contributed by atoms with van der Waals surface area (Å²) >= 11 is 1.06. The third-order valence-electron chi connectivity index (χ3n) is 3.83. The molecule has 1 aliphatic heterocycles. The fourth-order valence-corrected chi connectivity index (χ4v) is 5.69. The molecular weight excluding hydrogens is 310 g/mol. The average Bonchev–Trinajstić information content (AvgIpc) is 2.88. The van der Waals surface area contributed by atoms with E-state index >= 15 is 0 Å². The second-order valence-electron chi connectivity index (χ2n) is 5.43. The molecule has 0 unspecified atom stereocenters. The topological polar surface area (TPSA) is 74.7 Å². The highest BCUT2D eigenvalue weighted by Gasteiger charge is 2.30. The van der Waals surface area contributed by atoms with E-state index in [1.54, 1.807) is 6.07 Å². The Morgan fingerprint density at radius 3 is 2.62 bits per heavy atom. The molecule has 1 aromatic rings. The van der Waals surface area contributed by atoms with Crippen molar-refractivity contribution in [2.45, 2.75) is 43.2 Å². The Balaban J connectivity index is 2.05. The van der Waals surface area contributed by atoms with Gasteiger partial charge >= 0.3 is 5.97 Å². The summed E-state index contributed by atoms with van der Waals surface area (Å²) < 4.78 is 26.9. The zero-order chi connectivity index (χ0) is 15.5. The minimum Gasteiger partial charge on any atom is -0.481 e. The lowest BCUT2D eigenvalue weighted by atomic mass is 9.94. The van der Waals surface area contributed by atoms with Crippen molar-refractivity contribution in [1.29, 1.82) is 0 Å². The third kappa shape index (κ3) is 4.05. The molecule has 0 aromatic carbocycles. The summed E-state index contributed by atoms with van der Waals surface area (Å²) in [5.41, 5.74) is 0. The summed E-state index contributed by atoms with van der Waals surface area (Å²) in [6, 6.07) is 3.12. The molecule has 0 saturated carbocycles. The van der Waals surface area contributed by atoms with Crippen LogP contribution in [0.2, 0.25) is 0 Å². The number of sulfonamides is 1. The van der Waals surface area contributed by atoms with Gasteiger partial charge in [-0.2, -0.15) is 4.31 Å². The number of hydrogen-bond acceptors (Lipinski definition) is 4. The van der Waals surface area contributed by atoms with Gasteiger partial charge in [0.2, 0.25) is 0 Å². The highest BCUT2D eigenvalue weighted by molar-refractivity contribution is 7.91. The first-order valence-corrected chi connectivity index (χ1v) is 9.49. The summed E-state index contributed by atoms with van der Waals surface area (Å²) in [5.74, 6) is -0.312. The van der Waals surface area contributed by atoms with E-state index in [2.05, 4.69) is 6.92 Å². The quantitative estimate of drug-likeness (QED) is 0.869. The second-order valence-corrected chi connectivity index (χ2v) is 8.76. The van der Waals surface area contributed by atoms with Crippen molar-refractivity contribution in [2.75, 3.05) is 13.1 Å². The van der Waals surface area contributed by atoms with Gasteiger partial charge in [0.25, 0.3) is 10.0 Å². The van der Waals surface area contributed by atoms with E-state index in [0.29, 0.717) is 23.9 Å². The second kappa shape index (κ2) is 6.89. The molecule has 0 bridgehead atoms. The smallest absolute Gasteiger partial charge is 0.308 e. The van der Waals surface area contributed by atoms with E-state index in [9.17, 15) is 13.2 Å². The first-order chi connectivity index (χ1) is 9.93. The monoisotopic (exact) mass is 331 g/mol. The molecular formula is C14H21NO4S2. The molecule has 0 aliphatic carbocycles. The first-order valence-electron chi connectivity index (χ1n) is 7.24. The number of nitrogens with zero attached hydrogens (tertiary/aromatic N) is 1. The maximum atomic E-state index is 12.5. The Labute approximate surface area is 129 Å². The standard InChI is InChI=1S/C14H21NO4S2/c1-2-3-11-6-8-15(9-7-11)21(18,19)14-5-4-12(20-14)10-13(16)17/h4-5,11H,2-3,6-10H2,1H3,(H,16,17). The molecule has 0 amide bonds. The molecule has 2 heterocycles. The van der Waals surface area contributed by atoms with Gasteiger partial charge in [0.15, 0.2) is 0 Å². The van der Waals surface area contributed by atoms with Crippen molar-refractivity contribution >= 4 is 27.3 Å². The molecule has 0 atom stereocenters. The van der Waals surface area contributed by atoms with Crippen molar-refractivity contribution < 1.29 is 18.3 Å². The van der Waals surface area contributed by atoms with Crippen LogP contribution in [0.15, 0.2) is 16.3 Å². The molecule has 0 spiro atoms. The normalized spacial score (nSPS) is 18.0. The summed E-state index contributed by atoms with van der Waals surface area (Å²) in [6.07, 6.45) is 4.01. The van der Waals surface area contributed by atoms with Crippen LogP contribution < -0.4 is 0 Å². The minimum absolute atomic E-state index is 0.126. The summed E-state index contributed by atoms with van der Waals surface area (Å²) in [4.78, 5) is 11.2. The number of aliphatic carboxylic acids is 1. The predicted molar refractivity (Wildman–Crippen MR) is 82.0 cm³/mol. The molecule has 1 aliphatic rings. The number of carboxylic acid groups (broad SMARTS) is 1. The molecule has 1 N–H and O–H groups in total. The molecule has 7 heteroatoms. The Bertz CT molecular complexity index is 586. The molecule has 1 saturated heterocycles. The lowest BCUT2D eigenvalue weighted by molar-refractivity contribution is -0.136. The Kier molecular flexibility index (Phi) is 5.40. The largest absolute Gasteiger partial charge is 0.481 e. The van der Waals surface area contributed by atoms with Gasteiger partial charge in [-0.3, -0.25) is 4.79 Å². The van der Waals surface area contributed by atoms with Crippen LogP contribution in [0.5, 0.6) is 0 Å². The minimum atomic E-state index is -3.46. The predicted octanol–water partition coefficient (Wildman–Crippen LogP) is 2.58. The zero-order valence-electron chi connectivity index (χ0n) is 12.1. The molecule has 2 rings (SSSR count). The van der Waals surface area contributed by atoms with E-state index in [4.69, 9.17) is 5.11 Å². The SMILES string of the molecule is CCCC1CCN(S(=O)(=O)c2ccc(CC(=O)O)s2)CC1. The molecule has 1 fully saturated rings. The summed E-state index contributed by atoms with van der Waals surface area (Å²) in [7, 11) is -3.46. The van der Waals surface area contributed by atoms with Gasteiger partial charge in [-0.05, 0) is 30.9 Å². The Morgan fingerprint density at radius 2 is 2.05 bits per heavy atom. The van der Waals surface area contributed by atoms with Crippen LogP contribution in [0, 0.1) is 5.92 Å². The van der Waals surface area contributed by atoms with Gasteiger partial charge in [-0.1, -0.05) is 19.8 Å². The highest BCUT2D eigenvalue weighted by atomic mass is 32.2. The first kappa shape index (κ1) is 16.5. The van der Waals surface area contributed by atoms with Crippen LogP contribution in [0.25, 0.3) is 0 Å². The fourth-order valence-electron chi connectivity index (χ4n) is 2.71. The number of carbonyl (C=O) groups is 1. The van der Waals surface area contributed by atoms with Crippen LogP contribution >= 0.6 is 11.3 Å².